The molecule has 0 atom stereocenters. The average Bonchev–Trinajstić information content (AvgIpc) is 2.81. The van der Waals surface area contributed by atoms with Crippen LogP contribution in [0.1, 0.15) is 21.6 Å². The second-order valence-corrected chi connectivity index (χ2v) is 5.43. The summed E-state index contributed by atoms with van der Waals surface area (Å²) in [4.78, 5) is 11.9. The molecule has 0 radical (unpaired) electrons. The van der Waals surface area contributed by atoms with Gasteiger partial charge in [-0.25, -0.2) is 4.79 Å². The number of rotatable bonds is 5. The summed E-state index contributed by atoms with van der Waals surface area (Å²) in [6.45, 7) is 4.80. The van der Waals surface area contributed by atoms with E-state index in [1.165, 1.54) is 22.2 Å². The van der Waals surface area contributed by atoms with Crippen LogP contribution in [0.2, 0.25) is 0 Å². The zero-order chi connectivity index (χ0) is 13.8. The molecule has 1 N–H and O–H groups in total. The van der Waals surface area contributed by atoms with Crippen LogP contribution in [0.4, 0.5) is 0 Å². The fourth-order valence-corrected chi connectivity index (χ4v) is 2.67. The minimum absolute atomic E-state index is 0.0171. The topological polar surface area (TPSA) is 68.0 Å². The fraction of sp³-hybridized carbons (Fsp3) is 0.308. The van der Waals surface area contributed by atoms with Crippen LogP contribution in [0.15, 0.2) is 29.3 Å². The van der Waals surface area contributed by atoms with E-state index in [9.17, 15) is 4.79 Å². The zero-order valence-electron chi connectivity index (χ0n) is 10.8. The summed E-state index contributed by atoms with van der Waals surface area (Å²) in [5.41, 5.74) is 2.50. The summed E-state index contributed by atoms with van der Waals surface area (Å²) in [6, 6.07) is 6.35. The van der Waals surface area contributed by atoms with Gasteiger partial charge >= 0.3 is 5.97 Å². The molecule has 0 saturated heterocycles. The Labute approximate surface area is 115 Å². The number of carbonyl (C=O) groups is 1. The third-order valence-corrected chi connectivity index (χ3v) is 3.82. The minimum Gasteiger partial charge on any atom is -0.476 e. The Hall–Kier alpha value is -1.82. The monoisotopic (exact) mass is 277 g/mol. The highest BCUT2D eigenvalue weighted by Gasteiger charge is 2.08. The van der Waals surface area contributed by atoms with Gasteiger partial charge in [-0.3, -0.25) is 4.68 Å². The van der Waals surface area contributed by atoms with Gasteiger partial charge in [0.05, 0.1) is 12.7 Å². The summed E-state index contributed by atoms with van der Waals surface area (Å²) in [5.74, 6) is -0.222. The number of aromatic carboxylic acids is 1. The number of aromatic nitrogens is 3. The number of benzene rings is 1. The Morgan fingerprint density at radius 3 is 2.84 bits per heavy atom. The lowest BCUT2D eigenvalue weighted by atomic mass is 10.2. The molecule has 0 bridgehead atoms. The van der Waals surface area contributed by atoms with Crippen molar-refractivity contribution in [2.45, 2.75) is 25.3 Å². The third kappa shape index (κ3) is 3.57. The first-order valence-corrected chi connectivity index (χ1v) is 6.88. The molecule has 0 amide bonds. The smallest absolute Gasteiger partial charge is 0.358 e. The van der Waals surface area contributed by atoms with Gasteiger partial charge in [0.1, 0.15) is 0 Å². The van der Waals surface area contributed by atoms with Crippen molar-refractivity contribution in [1.29, 1.82) is 0 Å². The van der Waals surface area contributed by atoms with Crippen LogP contribution < -0.4 is 0 Å². The van der Waals surface area contributed by atoms with E-state index in [0.717, 1.165) is 5.75 Å². The van der Waals surface area contributed by atoms with E-state index in [1.807, 2.05) is 0 Å². The lowest BCUT2D eigenvalue weighted by Gasteiger charge is -2.06. The van der Waals surface area contributed by atoms with Gasteiger partial charge in [0.2, 0.25) is 0 Å². The first-order chi connectivity index (χ1) is 9.06. The number of hydrogen-bond donors (Lipinski definition) is 1. The van der Waals surface area contributed by atoms with Gasteiger partial charge in [0, 0.05) is 10.6 Å². The number of thioether (sulfide) groups is 1. The van der Waals surface area contributed by atoms with E-state index < -0.39 is 5.97 Å². The lowest BCUT2D eigenvalue weighted by Crippen LogP contribution is -2.01. The van der Waals surface area contributed by atoms with Gasteiger partial charge in [-0.15, -0.1) is 16.9 Å². The molecule has 1 heterocycles. The number of carboxylic acids is 1. The second-order valence-electron chi connectivity index (χ2n) is 4.29. The molecule has 0 saturated carbocycles. The van der Waals surface area contributed by atoms with Crippen molar-refractivity contribution >= 4 is 17.7 Å². The molecule has 0 aliphatic carbocycles. The van der Waals surface area contributed by atoms with Crippen molar-refractivity contribution in [2.24, 2.45) is 0 Å². The predicted molar refractivity (Wildman–Crippen MR) is 73.6 cm³/mol. The van der Waals surface area contributed by atoms with Crippen LogP contribution in [0.3, 0.4) is 0 Å². The van der Waals surface area contributed by atoms with E-state index in [4.69, 9.17) is 5.11 Å². The van der Waals surface area contributed by atoms with Crippen molar-refractivity contribution in [3.63, 3.8) is 0 Å². The van der Waals surface area contributed by atoms with Crippen LogP contribution in [0, 0.1) is 13.8 Å². The number of hydrogen-bond acceptors (Lipinski definition) is 4. The zero-order valence-corrected chi connectivity index (χ0v) is 11.6. The summed E-state index contributed by atoms with van der Waals surface area (Å²) < 4.78 is 1.56. The van der Waals surface area contributed by atoms with Crippen molar-refractivity contribution in [1.82, 2.24) is 15.0 Å². The molecule has 0 aliphatic rings. The van der Waals surface area contributed by atoms with Crippen LogP contribution in [0.5, 0.6) is 0 Å². The SMILES string of the molecule is Cc1ccc(SCCn2cc(C(=O)O)nn2)c(C)c1. The van der Waals surface area contributed by atoms with E-state index >= 15 is 0 Å². The fourth-order valence-electron chi connectivity index (χ4n) is 1.72. The molecule has 6 heteroatoms. The maximum Gasteiger partial charge on any atom is 0.358 e. The van der Waals surface area contributed by atoms with Gasteiger partial charge in [-0.05, 0) is 25.5 Å². The third-order valence-electron chi connectivity index (χ3n) is 2.67. The largest absolute Gasteiger partial charge is 0.476 e. The van der Waals surface area contributed by atoms with Gasteiger partial charge in [-0.2, -0.15) is 0 Å². The van der Waals surface area contributed by atoms with Gasteiger partial charge in [-0.1, -0.05) is 22.9 Å². The molecule has 100 valence electrons. The molecular weight excluding hydrogens is 262 g/mol. The molecule has 2 rings (SSSR count). The maximum absolute atomic E-state index is 10.7. The predicted octanol–water partition coefficient (Wildman–Crippen LogP) is 2.39. The molecule has 0 fully saturated rings. The normalized spacial score (nSPS) is 10.6. The van der Waals surface area contributed by atoms with Gasteiger partial charge in [0.25, 0.3) is 0 Å². The van der Waals surface area contributed by atoms with E-state index in [1.54, 1.807) is 16.4 Å². The molecule has 19 heavy (non-hydrogen) atoms. The highest BCUT2D eigenvalue weighted by Crippen LogP contribution is 2.23. The molecule has 0 unspecified atom stereocenters. The van der Waals surface area contributed by atoms with Crippen LogP contribution in [0.25, 0.3) is 0 Å². The highest BCUT2D eigenvalue weighted by atomic mass is 32.2. The minimum atomic E-state index is -1.05. The molecule has 1 aromatic carbocycles. The Kier molecular flexibility index (Phi) is 4.21. The second kappa shape index (κ2) is 5.88. The first kappa shape index (κ1) is 13.6. The van der Waals surface area contributed by atoms with Crippen LogP contribution in [-0.2, 0) is 6.54 Å². The summed E-state index contributed by atoms with van der Waals surface area (Å²) in [5, 5.41) is 16.1. The number of carboxylic acid groups (broad SMARTS) is 1. The Bertz CT molecular complexity index is 595. The Morgan fingerprint density at radius 2 is 2.21 bits per heavy atom. The quantitative estimate of drug-likeness (QED) is 0.850. The summed E-state index contributed by atoms with van der Waals surface area (Å²) in [6.07, 6.45) is 1.45. The summed E-state index contributed by atoms with van der Waals surface area (Å²) >= 11 is 1.73. The Balaban J connectivity index is 1.90. The molecule has 0 aliphatic heterocycles. The Morgan fingerprint density at radius 1 is 1.42 bits per heavy atom. The van der Waals surface area contributed by atoms with Crippen molar-refractivity contribution < 1.29 is 9.90 Å². The highest BCUT2D eigenvalue weighted by molar-refractivity contribution is 7.99. The molecular formula is C13H15N3O2S. The van der Waals surface area contributed by atoms with E-state index in [2.05, 4.69) is 42.4 Å². The molecule has 1 aromatic heterocycles. The molecule has 0 spiro atoms. The van der Waals surface area contributed by atoms with Crippen LogP contribution in [-0.4, -0.2) is 31.8 Å². The lowest BCUT2D eigenvalue weighted by molar-refractivity contribution is 0.0690. The standard InChI is InChI=1S/C13H15N3O2S/c1-9-3-4-12(10(2)7-9)19-6-5-16-8-11(13(17)18)14-15-16/h3-4,7-8H,5-6H2,1-2H3,(H,17,18). The van der Waals surface area contributed by atoms with Gasteiger partial charge < -0.3 is 5.11 Å². The molecule has 5 nitrogen and oxygen atoms in total. The van der Waals surface area contributed by atoms with Crippen molar-refractivity contribution in [3.05, 3.63) is 41.2 Å². The van der Waals surface area contributed by atoms with Crippen molar-refractivity contribution in [3.8, 4) is 0 Å². The number of nitrogens with zero attached hydrogens (tertiary/aromatic N) is 3. The first-order valence-electron chi connectivity index (χ1n) is 5.90. The van der Waals surface area contributed by atoms with E-state index in [-0.39, 0.29) is 5.69 Å². The molecule has 2 aromatic rings. The van der Waals surface area contributed by atoms with Crippen LogP contribution >= 0.6 is 11.8 Å². The van der Waals surface area contributed by atoms with Crippen molar-refractivity contribution in [2.75, 3.05) is 5.75 Å². The van der Waals surface area contributed by atoms with Gasteiger partial charge in [0.15, 0.2) is 5.69 Å². The van der Waals surface area contributed by atoms with E-state index in [0.29, 0.717) is 6.54 Å². The summed E-state index contributed by atoms with van der Waals surface area (Å²) in [7, 11) is 0. The number of aryl methyl sites for hydroxylation is 3. The maximum atomic E-state index is 10.7. The average molecular weight is 277 g/mol.